The van der Waals surface area contributed by atoms with Crippen LogP contribution in [0.2, 0.25) is 0 Å². The summed E-state index contributed by atoms with van der Waals surface area (Å²) in [7, 11) is 1.86. The van der Waals surface area contributed by atoms with Crippen LogP contribution in [-0.4, -0.2) is 29.7 Å². The molecule has 18 heavy (non-hydrogen) atoms. The Labute approximate surface area is 110 Å². The summed E-state index contributed by atoms with van der Waals surface area (Å²) < 4.78 is 0. The number of nitrogens with zero attached hydrogens (tertiary/aromatic N) is 2. The number of thiazole rings is 1. The van der Waals surface area contributed by atoms with E-state index >= 15 is 0 Å². The molecule has 0 bridgehead atoms. The van der Waals surface area contributed by atoms with E-state index in [0.29, 0.717) is 6.54 Å². The minimum atomic E-state index is -0.790. The van der Waals surface area contributed by atoms with E-state index in [9.17, 15) is 4.79 Å². The molecule has 0 fully saturated rings. The van der Waals surface area contributed by atoms with Gasteiger partial charge in [0.1, 0.15) is 0 Å². The fourth-order valence-corrected chi connectivity index (χ4v) is 2.37. The molecule has 5 heteroatoms. The quantitative estimate of drug-likeness (QED) is 0.900. The second-order valence-electron chi connectivity index (χ2n) is 3.95. The lowest BCUT2D eigenvalue weighted by Gasteiger charge is -2.13. The summed E-state index contributed by atoms with van der Waals surface area (Å²) in [6, 6.07) is 9.94. The highest BCUT2D eigenvalue weighted by molar-refractivity contribution is 7.14. The van der Waals surface area contributed by atoms with Crippen LogP contribution < -0.4 is 4.90 Å². The van der Waals surface area contributed by atoms with E-state index in [1.807, 2.05) is 47.7 Å². The summed E-state index contributed by atoms with van der Waals surface area (Å²) in [5.74, 6) is -0.790. The first kappa shape index (κ1) is 12.6. The van der Waals surface area contributed by atoms with E-state index in [4.69, 9.17) is 5.11 Å². The molecule has 0 spiro atoms. The van der Waals surface area contributed by atoms with E-state index in [0.717, 1.165) is 16.4 Å². The first-order chi connectivity index (χ1) is 8.66. The Morgan fingerprint density at radius 3 is 2.78 bits per heavy atom. The molecular formula is C13H14N2O2S. The van der Waals surface area contributed by atoms with Gasteiger partial charge in [0.15, 0.2) is 5.13 Å². The van der Waals surface area contributed by atoms with Crippen molar-refractivity contribution < 1.29 is 9.90 Å². The van der Waals surface area contributed by atoms with Gasteiger partial charge >= 0.3 is 5.97 Å². The fraction of sp³-hybridized carbons (Fsp3) is 0.231. The van der Waals surface area contributed by atoms with Crippen molar-refractivity contribution >= 4 is 22.4 Å². The summed E-state index contributed by atoms with van der Waals surface area (Å²) in [6.07, 6.45) is 0.122. The first-order valence-electron chi connectivity index (χ1n) is 5.60. The zero-order valence-electron chi connectivity index (χ0n) is 10.0. The van der Waals surface area contributed by atoms with E-state index in [1.165, 1.54) is 11.3 Å². The Kier molecular flexibility index (Phi) is 3.94. The van der Waals surface area contributed by atoms with Crippen LogP contribution in [0.5, 0.6) is 0 Å². The topological polar surface area (TPSA) is 53.4 Å². The maximum Gasteiger partial charge on any atom is 0.305 e. The molecular weight excluding hydrogens is 248 g/mol. The molecule has 0 aliphatic heterocycles. The number of anilines is 1. The third kappa shape index (κ3) is 3.07. The number of carboxylic acid groups (broad SMARTS) is 1. The average molecular weight is 262 g/mol. The maximum atomic E-state index is 10.5. The molecule has 0 saturated carbocycles. The van der Waals surface area contributed by atoms with Gasteiger partial charge in [-0.3, -0.25) is 4.79 Å². The highest BCUT2D eigenvalue weighted by Crippen LogP contribution is 2.26. The van der Waals surface area contributed by atoms with Crippen molar-refractivity contribution in [2.75, 3.05) is 18.5 Å². The zero-order chi connectivity index (χ0) is 13.0. The molecule has 2 aromatic rings. The molecule has 0 amide bonds. The zero-order valence-corrected chi connectivity index (χ0v) is 10.9. The molecule has 0 aliphatic carbocycles. The molecule has 1 heterocycles. The van der Waals surface area contributed by atoms with Gasteiger partial charge in [-0.25, -0.2) is 4.98 Å². The van der Waals surface area contributed by atoms with Crippen LogP contribution in [-0.2, 0) is 4.79 Å². The lowest BCUT2D eigenvalue weighted by atomic mass is 10.2. The Morgan fingerprint density at radius 1 is 1.39 bits per heavy atom. The predicted molar refractivity (Wildman–Crippen MR) is 73.1 cm³/mol. The van der Waals surface area contributed by atoms with Crippen LogP contribution in [0.3, 0.4) is 0 Å². The van der Waals surface area contributed by atoms with Gasteiger partial charge in [0, 0.05) is 24.5 Å². The standard InChI is InChI=1S/C13H14N2O2S/c1-15(8-7-12(16)17)13-14-11(9-18-13)10-5-3-2-4-6-10/h2-6,9H,7-8H2,1H3,(H,16,17). The number of aromatic nitrogens is 1. The second kappa shape index (κ2) is 5.64. The number of aliphatic carboxylic acids is 1. The highest BCUT2D eigenvalue weighted by atomic mass is 32.1. The van der Waals surface area contributed by atoms with Crippen LogP contribution in [0.25, 0.3) is 11.3 Å². The number of carbonyl (C=O) groups is 1. The Bertz CT molecular complexity index is 525. The van der Waals surface area contributed by atoms with Gasteiger partial charge in [0.2, 0.25) is 0 Å². The van der Waals surface area contributed by atoms with Crippen molar-refractivity contribution in [1.29, 1.82) is 0 Å². The SMILES string of the molecule is CN(CCC(=O)O)c1nc(-c2ccccc2)cs1. The fourth-order valence-electron chi connectivity index (χ4n) is 1.54. The molecule has 1 aromatic heterocycles. The lowest BCUT2D eigenvalue weighted by Crippen LogP contribution is -2.20. The average Bonchev–Trinajstić information content (AvgIpc) is 2.86. The van der Waals surface area contributed by atoms with Crippen LogP contribution in [0.1, 0.15) is 6.42 Å². The summed E-state index contributed by atoms with van der Waals surface area (Å²) in [6.45, 7) is 0.469. The van der Waals surface area contributed by atoms with Crippen LogP contribution in [0.4, 0.5) is 5.13 Å². The van der Waals surface area contributed by atoms with Gasteiger partial charge in [-0.15, -0.1) is 11.3 Å². The molecule has 0 aliphatic rings. The predicted octanol–water partition coefficient (Wildman–Crippen LogP) is 2.72. The van der Waals surface area contributed by atoms with Crippen LogP contribution >= 0.6 is 11.3 Å². The van der Waals surface area contributed by atoms with Crippen molar-refractivity contribution in [2.24, 2.45) is 0 Å². The van der Waals surface area contributed by atoms with Gasteiger partial charge in [-0.1, -0.05) is 30.3 Å². The highest BCUT2D eigenvalue weighted by Gasteiger charge is 2.09. The van der Waals surface area contributed by atoms with Gasteiger partial charge < -0.3 is 10.0 Å². The normalized spacial score (nSPS) is 10.3. The molecule has 0 saturated heterocycles. The van der Waals surface area contributed by atoms with Gasteiger partial charge in [0.05, 0.1) is 12.1 Å². The molecule has 1 N–H and O–H groups in total. The van der Waals surface area contributed by atoms with Crippen molar-refractivity contribution in [1.82, 2.24) is 4.98 Å². The molecule has 2 rings (SSSR count). The largest absolute Gasteiger partial charge is 0.481 e. The summed E-state index contributed by atoms with van der Waals surface area (Å²) >= 11 is 1.53. The maximum absolute atomic E-state index is 10.5. The van der Waals surface area contributed by atoms with E-state index in [-0.39, 0.29) is 6.42 Å². The Hall–Kier alpha value is -1.88. The van der Waals surface area contributed by atoms with Crippen molar-refractivity contribution in [3.8, 4) is 11.3 Å². The number of carboxylic acids is 1. The van der Waals surface area contributed by atoms with Gasteiger partial charge in [-0.2, -0.15) is 0 Å². The van der Waals surface area contributed by atoms with E-state index in [1.54, 1.807) is 0 Å². The Morgan fingerprint density at radius 2 is 2.11 bits per heavy atom. The monoisotopic (exact) mass is 262 g/mol. The van der Waals surface area contributed by atoms with Crippen molar-refractivity contribution in [2.45, 2.75) is 6.42 Å². The number of hydrogen-bond donors (Lipinski definition) is 1. The minimum absolute atomic E-state index is 0.122. The van der Waals surface area contributed by atoms with Crippen molar-refractivity contribution in [3.05, 3.63) is 35.7 Å². The number of rotatable bonds is 5. The third-order valence-electron chi connectivity index (χ3n) is 2.55. The second-order valence-corrected chi connectivity index (χ2v) is 4.78. The summed E-state index contributed by atoms with van der Waals surface area (Å²) in [4.78, 5) is 16.9. The lowest BCUT2D eigenvalue weighted by molar-refractivity contribution is -0.136. The number of benzene rings is 1. The Balaban J connectivity index is 2.08. The smallest absolute Gasteiger partial charge is 0.305 e. The first-order valence-corrected chi connectivity index (χ1v) is 6.48. The number of hydrogen-bond acceptors (Lipinski definition) is 4. The molecule has 0 unspecified atom stereocenters. The van der Waals surface area contributed by atoms with Gasteiger partial charge in [0.25, 0.3) is 0 Å². The third-order valence-corrected chi connectivity index (χ3v) is 3.50. The molecule has 1 aromatic carbocycles. The molecule has 0 radical (unpaired) electrons. The molecule has 4 nitrogen and oxygen atoms in total. The summed E-state index contributed by atoms with van der Waals surface area (Å²) in [5.41, 5.74) is 2.00. The molecule has 94 valence electrons. The summed E-state index contributed by atoms with van der Waals surface area (Å²) in [5, 5.41) is 11.5. The van der Waals surface area contributed by atoms with E-state index in [2.05, 4.69) is 4.98 Å². The molecule has 0 atom stereocenters. The minimum Gasteiger partial charge on any atom is -0.481 e. The van der Waals surface area contributed by atoms with E-state index < -0.39 is 5.97 Å². The van der Waals surface area contributed by atoms with Crippen molar-refractivity contribution in [3.63, 3.8) is 0 Å². The van der Waals surface area contributed by atoms with Gasteiger partial charge in [-0.05, 0) is 0 Å². The van der Waals surface area contributed by atoms with Crippen LogP contribution in [0, 0.1) is 0 Å². The van der Waals surface area contributed by atoms with Crippen LogP contribution in [0.15, 0.2) is 35.7 Å².